The van der Waals surface area contributed by atoms with Gasteiger partial charge in [-0.05, 0) is 69.1 Å². The molecule has 0 unspecified atom stereocenters. The first-order valence-corrected chi connectivity index (χ1v) is 13.3. The third kappa shape index (κ3) is 4.09. The second kappa shape index (κ2) is 9.73. The van der Waals surface area contributed by atoms with E-state index in [1.54, 1.807) is 19.1 Å². The second-order valence-corrected chi connectivity index (χ2v) is 11.1. The molecule has 0 aromatic carbocycles. The number of carbonyl (C=O) groups is 4. The molecule has 7 heteroatoms. The number of hydrogen-bond donors (Lipinski definition) is 1. The minimum absolute atomic E-state index is 0.0351. The molecule has 0 bridgehead atoms. The average Bonchev–Trinajstić information content (AvgIpc) is 3.13. The number of ketones is 2. The first-order valence-electron chi connectivity index (χ1n) is 13.3. The van der Waals surface area contributed by atoms with Crippen molar-refractivity contribution in [2.45, 2.75) is 97.2 Å². The molecule has 0 aliphatic heterocycles. The summed E-state index contributed by atoms with van der Waals surface area (Å²) in [5, 5.41) is 11.6. The Hall–Kier alpha value is -2.54. The smallest absolute Gasteiger partial charge is 0.306 e. The summed E-state index contributed by atoms with van der Waals surface area (Å²) >= 11 is 0. The predicted molar refractivity (Wildman–Crippen MR) is 133 cm³/mol. The third-order valence-electron chi connectivity index (χ3n) is 9.11. The van der Waals surface area contributed by atoms with Gasteiger partial charge in [0.1, 0.15) is 0 Å². The zero-order chi connectivity index (χ0) is 26.3. The van der Waals surface area contributed by atoms with Crippen molar-refractivity contribution in [3.05, 3.63) is 34.9 Å². The van der Waals surface area contributed by atoms with E-state index in [0.717, 1.165) is 23.1 Å². The zero-order valence-corrected chi connectivity index (χ0v) is 21.9. The van der Waals surface area contributed by atoms with Crippen molar-refractivity contribution < 1.29 is 33.8 Å². The highest BCUT2D eigenvalue weighted by atomic mass is 16.6. The molecule has 36 heavy (non-hydrogen) atoms. The molecule has 0 radical (unpaired) electrons. The third-order valence-corrected chi connectivity index (χ3v) is 9.11. The molecular weight excluding hydrogens is 460 g/mol. The van der Waals surface area contributed by atoms with E-state index in [1.807, 2.05) is 26.8 Å². The van der Waals surface area contributed by atoms with Crippen molar-refractivity contribution in [1.29, 1.82) is 0 Å². The minimum atomic E-state index is -1.47. The summed E-state index contributed by atoms with van der Waals surface area (Å²) in [4.78, 5) is 50.5. The minimum Gasteiger partial charge on any atom is -0.457 e. The van der Waals surface area contributed by atoms with Crippen LogP contribution in [0.4, 0.5) is 0 Å². The maximum Gasteiger partial charge on any atom is 0.306 e. The van der Waals surface area contributed by atoms with Crippen LogP contribution in [0.15, 0.2) is 34.9 Å². The molecule has 0 saturated heterocycles. The molecule has 0 heterocycles. The summed E-state index contributed by atoms with van der Waals surface area (Å²) in [7, 11) is 0. The number of ether oxygens (including phenoxy) is 2. The lowest BCUT2D eigenvalue weighted by molar-refractivity contribution is -0.187. The Bertz CT molecular complexity index is 1070. The van der Waals surface area contributed by atoms with Gasteiger partial charge in [-0.2, -0.15) is 0 Å². The van der Waals surface area contributed by atoms with Gasteiger partial charge in [0.05, 0.1) is 6.10 Å². The van der Waals surface area contributed by atoms with E-state index < -0.39 is 46.9 Å². The van der Waals surface area contributed by atoms with Crippen LogP contribution < -0.4 is 0 Å². The Kier molecular flexibility index (Phi) is 7.17. The van der Waals surface area contributed by atoms with Gasteiger partial charge >= 0.3 is 11.9 Å². The number of carbonyl (C=O) groups excluding carboxylic acids is 4. The lowest BCUT2D eigenvalue weighted by atomic mass is 9.52. The van der Waals surface area contributed by atoms with Gasteiger partial charge in [-0.25, -0.2) is 0 Å². The van der Waals surface area contributed by atoms with Crippen molar-refractivity contribution in [1.82, 2.24) is 0 Å². The molecule has 0 amide bonds. The fourth-order valence-electron chi connectivity index (χ4n) is 7.19. The van der Waals surface area contributed by atoms with Gasteiger partial charge in [0, 0.05) is 23.7 Å². The van der Waals surface area contributed by atoms with E-state index in [9.17, 15) is 24.3 Å². The zero-order valence-electron chi connectivity index (χ0n) is 21.9. The number of rotatable bonds is 8. The fourth-order valence-corrected chi connectivity index (χ4v) is 7.19. The Morgan fingerprint density at radius 2 is 1.89 bits per heavy atom. The summed E-state index contributed by atoms with van der Waals surface area (Å²) < 4.78 is 11.3. The van der Waals surface area contributed by atoms with Crippen LogP contribution in [0.2, 0.25) is 0 Å². The van der Waals surface area contributed by atoms with Crippen LogP contribution in [-0.2, 0) is 28.7 Å². The second-order valence-electron chi connectivity index (χ2n) is 11.1. The Morgan fingerprint density at radius 1 is 1.14 bits per heavy atom. The number of hydrogen-bond acceptors (Lipinski definition) is 7. The molecule has 0 aromatic heterocycles. The van der Waals surface area contributed by atoms with Gasteiger partial charge in [0.2, 0.25) is 5.78 Å². The maximum absolute atomic E-state index is 13.7. The Morgan fingerprint density at radius 3 is 2.58 bits per heavy atom. The van der Waals surface area contributed by atoms with Crippen LogP contribution in [0, 0.1) is 16.7 Å². The van der Waals surface area contributed by atoms with Crippen LogP contribution >= 0.6 is 0 Å². The summed E-state index contributed by atoms with van der Waals surface area (Å²) in [6, 6.07) is 0. The number of esters is 2. The fraction of sp³-hybridized carbons (Fsp3) is 0.655. The van der Waals surface area contributed by atoms with Crippen LogP contribution in [-0.4, -0.2) is 46.9 Å². The summed E-state index contributed by atoms with van der Waals surface area (Å²) in [5.74, 6) is -1.43. The molecule has 1 saturated carbocycles. The van der Waals surface area contributed by atoms with Gasteiger partial charge in [-0.1, -0.05) is 44.4 Å². The molecular formula is C29H38O7. The van der Waals surface area contributed by atoms with E-state index in [-0.39, 0.29) is 31.0 Å². The first-order chi connectivity index (χ1) is 17.0. The Labute approximate surface area is 213 Å². The monoisotopic (exact) mass is 498 g/mol. The molecule has 0 aromatic rings. The highest BCUT2D eigenvalue weighted by Gasteiger charge is 2.67. The molecule has 4 aliphatic rings. The molecule has 4 rings (SSSR count). The van der Waals surface area contributed by atoms with Crippen molar-refractivity contribution in [3.63, 3.8) is 0 Å². The standard InChI is InChI=1S/C29H38O7/c1-5-7-8-25(34)35-17-23(32)29(36-24(33)6-2)14-12-21-20-10-9-18-15-19(30)11-13-27(18,3)26(20)22(31)16-28(21,29)4/h11,13,15,21-22,31H,5-10,12,14,16-17H2,1-4H3/t21-,22-,27-,28-,29-/m0/s1. The number of fused-ring (bicyclic) bond motifs is 4. The SMILES string of the molecule is CCCCC(=O)OCC(=O)[C@@]1(OC(=O)CC)CC[C@H]2C3=C([C@@H](O)C[C@@]21C)[C@@]1(C)C=CC(=O)C=C1CC3. The lowest BCUT2D eigenvalue weighted by Crippen LogP contribution is -2.59. The summed E-state index contributed by atoms with van der Waals surface area (Å²) in [5.41, 5.74) is 0.193. The van der Waals surface area contributed by atoms with E-state index >= 15 is 0 Å². The predicted octanol–water partition coefficient (Wildman–Crippen LogP) is 4.32. The van der Waals surface area contributed by atoms with Crippen LogP contribution in [0.1, 0.15) is 85.5 Å². The highest BCUT2D eigenvalue weighted by Crippen LogP contribution is 2.65. The quantitative estimate of drug-likeness (QED) is 0.392. The molecule has 5 atom stereocenters. The van der Waals surface area contributed by atoms with Crippen molar-refractivity contribution in [3.8, 4) is 0 Å². The molecule has 4 aliphatic carbocycles. The van der Waals surface area contributed by atoms with Gasteiger partial charge in [0.25, 0.3) is 0 Å². The van der Waals surface area contributed by atoms with Gasteiger partial charge < -0.3 is 14.6 Å². The number of unbranched alkanes of at least 4 members (excludes halogenated alkanes) is 1. The topological polar surface area (TPSA) is 107 Å². The van der Waals surface area contributed by atoms with E-state index in [2.05, 4.69) is 0 Å². The number of aliphatic hydroxyl groups is 1. The van der Waals surface area contributed by atoms with Crippen LogP contribution in [0.3, 0.4) is 0 Å². The van der Waals surface area contributed by atoms with Gasteiger partial charge in [0.15, 0.2) is 18.0 Å². The highest BCUT2D eigenvalue weighted by molar-refractivity contribution is 6.01. The summed E-state index contributed by atoms with van der Waals surface area (Å²) in [6.45, 7) is 7.19. The van der Waals surface area contributed by atoms with Crippen LogP contribution in [0.5, 0.6) is 0 Å². The normalized spacial score (nSPS) is 34.9. The number of aliphatic hydroxyl groups excluding tert-OH is 1. The number of Topliss-reactive ketones (excluding diaryl/α,β-unsaturated/α-hetero) is 1. The van der Waals surface area contributed by atoms with Gasteiger partial charge in [-0.3, -0.25) is 19.2 Å². The maximum atomic E-state index is 13.7. The average molecular weight is 499 g/mol. The van der Waals surface area contributed by atoms with E-state index in [1.165, 1.54) is 0 Å². The van der Waals surface area contributed by atoms with Crippen molar-refractivity contribution >= 4 is 23.5 Å². The largest absolute Gasteiger partial charge is 0.457 e. The van der Waals surface area contributed by atoms with Crippen molar-refractivity contribution in [2.75, 3.05) is 6.61 Å². The molecule has 1 fully saturated rings. The molecule has 196 valence electrons. The molecule has 0 spiro atoms. The first kappa shape index (κ1) is 26.5. The van der Waals surface area contributed by atoms with Gasteiger partial charge in [-0.15, -0.1) is 0 Å². The molecule has 1 N–H and O–H groups in total. The lowest BCUT2D eigenvalue weighted by Gasteiger charge is -2.53. The van der Waals surface area contributed by atoms with E-state index in [0.29, 0.717) is 32.1 Å². The van der Waals surface area contributed by atoms with Crippen molar-refractivity contribution in [2.24, 2.45) is 16.7 Å². The molecule has 7 nitrogen and oxygen atoms in total. The van der Waals surface area contributed by atoms with E-state index in [4.69, 9.17) is 9.47 Å². The summed E-state index contributed by atoms with van der Waals surface area (Å²) in [6.07, 6.45) is 8.76. The van der Waals surface area contributed by atoms with Crippen LogP contribution in [0.25, 0.3) is 0 Å². The Balaban J connectivity index is 1.71. The number of allylic oxidation sites excluding steroid dienone is 5.